The molecule has 7 atom stereocenters. The van der Waals surface area contributed by atoms with Crippen LogP contribution in [0, 0.1) is 0 Å². The monoisotopic (exact) mass is 1230 g/mol. The Bertz CT molecular complexity index is 3680. The second-order valence-corrected chi connectivity index (χ2v) is 28.6. The number of unbranched alkanes of at least 4 members (excludes halogenated alkanes) is 3. The maximum absolute atomic E-state index is 14.8. The van der Waals surface area contributed by atoms with Crippen LogP contribution in [0.15, 0.2) is 55.1 Å². The van der Waals surface area contributed by atoms with Gasteiger partial charge in [0.25, 0.3) is 5.91 Å². The van der Waals surface area contributed by atoms with Gasteiger partial charge in [-0.15, -0.1) is 0 Å². The van der Waals surface area contributed by atoms with E-state index in [1.807, 2.05) is 19.2 Å². The quantitative estimate of drug-likeness (QED) is 0.0217. The van der Waals surface area contributed by atoms with Crippen molar-refractivity contribution in [1.82, 2.24) is 34.3 Å². The Morgan fingerprint density at radius 3 is 2.35 bits per heavy atom. The molecule has 5 aromatic rings. The predicted molar refractivity (Wildman–Crippen MR) is 317 cm³/mol. The first-order chi connectivity index (χ1) is 40.2. The van der Waals surface area contributed by atoms with Crippen LogP contribution < -0.4 is 30.7 Å². The van der Waals surface area contributed by atoms with Crippen LogP contribution >= 0.6 is 23.5 Å². The average Bonchev–Trinajstić information content (AvgIpc) is 1.37. The van der Waals surface area contributed by atoms with Gasteiger partial charge in [-0.2, -0.15) is 8.62 Å². The molecule has 3 unspecified atom stereocenters. The van der Waals surface area contributed by atoms with Gasteiger partial charge in [0.05, 0.1) is 12.9 Å². The number of fused-ring (bicyclic) bond motifs is 5. The van der Waals surface area contributed by atoms with Gasteiger partial charge in [-0.25, -0.2) is 33.2 Å². The molecule has 8 N–H and O–H groups in total. The minimum absolute atomic E-state index is 0.0122. The van der Waals surface area contributed by atoms with Crippen molar-refractivity contribution in [2.75, 3.05) is 63.1 Å². The lowest BCUT2D eigenvalue weighted by atomic mass is 9.64. The van der Waals surface area contributed by atoms with Crippen molar-refractivity contribution in [2.45, 2.75) is 154 Å². The Labute approximate surface area is 493 Å². The Hall–Kier alpha value is -5.29. The summed E-state index contributed by atoms with van der Waals surface area (Å²) in [6.45, 7) is 17.8. The summed E-state index contributed by atoms with van der Waals surface area (Å²) in [5, 5.41) is 30.5. The first kappa shape index (κ1) is 62.8. The molecule has 24 nitrogen and oxygen atoms in total. The Kier molecular flexibility index (Phi) is 18.2. The van der Waals surface area contributed by atoms with E-state index in [-0.39, 0.29) is 34.8 Å². The maximum Gasteiger partial charge on any atom is 0.490 e. The summed E-state index contributed by atoms with van der Waals surface area (Å²) in [6, 6.07) is 15.6. The van der Waals surface area contributed by atoms with Crippen LogP contribution in [0.4, 0.5) is 11.5 Å². The summed E-state index contributed by atoms with van der Waals surface area (Å²) in [5.74, 6) is 0.595. The number of amides is 2. The third kappa shape index (κ3) is 13.0. The third-order valence-corrected chi connectivity index (χ3v) is 21.2. The van der Waals surface area contributed by atoms with Gasteiger partial charge in [-0.3, -0.25) is 18.7 Å². The molecular weight excluding hydrogens is 1160 g/mol. The van der Waals surface area contributed by atoms with Crippen molar-refractivity contribution in [3.63, 3.8) is 0 Å². The van der Waals surface area contributed by atoms with Crippen LogP contribution in [0.2, 0.25) is 0 Å². The maximum atomic E-state index is 14.8. The molecule has 10 rings (SSSR count). The number of aryl methyl sites for hydroxylation is 1. The number of ether oxygens (including phenoxy) is 1. The lowest BCUT2D eigenvalue weighted by Crippen LogP contribution is -2.50. The number of hydrogen-bond donors (Lipinski definition) is 8. The standard InChI is InChI=1S/C58H78N9O15P3/c1-8-67-44-30-43-41(29-40(44)35(2)31-57(67,3)4)47(42-28-36-18-15-26-65-27-16-21-39(50(36)65)48(42)58(43,5)6)37-19-11-12-20-38(37)55(71)64(7)25-17-22-46(68)59-23-13-9-10-14-24-60-53-49-54(62-33-61-53)66(34-63-49)56-52(70)51(69)45(80-56)32-79-84(75,76)82-85(77,78)81-83(72,73)74/h11-12,19-20,28-30,33-35,45,51-52,56,69-70H,8-10,13-18,21-27,31-32H2,1-7H3,(H5-,59,60,61,62,68,72,73,74,75,76,77,78)/p+1/t35?,45-,51-,52-,56-/m1/s1. The predicted octanol–water partition coefficient (Wildman–Crippen LogP) is 5.81. The number of aromatic nitrogens is 4. The van der Waals surface area contributed by atoms with E-state index in [4.69, 9.17) is 14.5 Å². The number of carbonyl (C=O) groups excluding carboxylic acids is 2. The smallest absolute Gasteiger partial charge is 0.387 e. The lowest BCUT2D eigenvalue weighted by molar-refractivity contribution is -0.121. The molecule has 5 aliphatic rings. The fraction of sp³-hybridized carbons (Fsp3) is 0.552. The molecule has 0 radical (unpaired) electrons. The van der Waals surface area contributed by atoms with E-state index < -0.39 is 54.6 Å². The number of benzene rings is 3. The number of anilines is 2. The molecule has 4 aliphatic heterocycles. The summed E-state index contributed by atoms with van der Waals surface area (Å²) in [5.41, 5.74) is 12.5. The molecule has 0 bridgehead atoms. The van der Waals surface area contributed by atoms with E-state index >= 15 is 0 Å². The van der Waals surface area contributed by atoms with Crippen molar-refractivity contribution >= 4 is 63.5 Å². The number of hydrogen-bond acceptors (Lipinski definition) is 16. The van der Waals surface area contributed by atoms with Crippen LogP contribution in [-0.2, 0) is 54.6 Å². The number of imidazole rings is 1. The van der Waals surface area contributed by atoms with E-state index in [9.17, 15) is 43.3 Å². The van der Waals surface area contributed by atoms with E-state index in [0.29, 0.717) is 48.9 Å². The number of rotatable bonds is 23. The number of aliphatic hydroxyl groups excluding tert-OH is 2. The molecule has 3 aromatic carbocycles. The molecule has 1 aliphatic carbocycles. The molecule has 27 heteroatoms. The number of aliphatic hydroxyl groups is 2. The van der Waals surface area contributed by atoms with Gasteiger partial charge in [-0.05, 0) is 128 Å². The highest BCUT2D eigenvalue weighted by Crippen LogP contribution is 2.66. The summed E-state index contributed by atoms with van der Waals surface area (Å²) >= 11 is 0. The summed E-state index contributed by atoms with van der Waals surface area (Å²) in [7, 11) is -15.1. The number of carbonyl (C=O) groups is 2. The van der Waals surface area contributed by atoms with Crippen molar-refractivity contribution in [1.29, 1.82) is 0 Å². The van der Waals surface area contributed by atoms with Crippen LogP contribution in [0.5, 0.6) is 0 Å². The molecule has 2 amide bonds. The number of nitrogens with one attached hydrogen (secondary N) is 2. The van der Waals surface area contributed by atoms with E-state index in [1.165, 1.54) is 66.9 Å². The third-order valence-electron chi connectivity index (χ3n) is 17.4. The highest BCUT2D eigenvalue weighted by molar-refractivity contribution is 7.66. The van der Waals surface area contributed by atoms with E-state index in [0.717, 1.165) is 88.6 Å². The van der Waals surface area contributed by atoms with E-state index in [2.05, 4.69) is 120 Å². The first-order valence-corrected chi connectivity index (χ1v) is 33.8. The second kappa shape index (κ2) is 24.7. The Balaban J connectivity index is 0.724. The van der Waals surface area contributed by atoms with Gasteiger partial charge in [0.15, 0.2) is 23.2 Å². The molecule has 0 saturated carbocycles. The zero-order chi connectivity index (χ0) is 61.0. The molecule has 460 valence electrons. The van der Waals surface area contributed by atoms with Gasteiger partial charge in [-0.1, -0.05) is 51.8 Å². The normalized spacial score (nSPS) is 22.6. The fourth-order valence-electron chi connectivity index (χ4n) is 13.7. The SMILES string of the molecule is CCN1c2cc3c(cc2C(C)CC1(C)C)C(c1ccccc1C(=O)N(C)CCCC(=O)NCCCCCCNc1ncnc2c1ncn2[C@@H]1O[C@H](COP(=O)(O)OP(=O)(O)OP(=O)(O)O)[C@@H](O)[C@H]1O)=c1cc2c4c(c1C3(C)C)CCC[N+]=4CCC2. The van der Waals surface area contributed by atoms with Gasteiger partial charge in [0.1, 0.15) is 37.7 Å². The summed E-state index contributed by atoms with van der Waals surface area (Å²) in [4.78, 5) is 81.9. The highest BCUT2D eigenvalue weighted by atomic mass is 31.3. The van der Waals surface area contributed by atoms with Gasteiger partial charge in [0, 0.05) is 85.8 Å². The van der Waals surface area contributed by atoms with Crippen molar-refractivity contribution in [3.8, 4) is 0 Å². The zero-order valence-electron chi connectivity index (χ0n) is 49.1. The lowest BCUT2D eigenvalue weighted by Gasteiger charge is -2.48. The molecule has 6 heterocycles. The van der Waals surface area contributed by atoms with E-state index in [1.54, 1.807) is 4.90 Å². The van der Waals surface area contributed by atoms with Crippen LogP contribution in [0.3, 0.4) is 0 Å². The zero-order valence-corrected chi connectivity index (χ0v) is 51.8. The first-order valence-electron chi connectivity index (χ1n) is 29.3. The molecule has 1 fully saturated rings. The second-order valence-electron chi connectivity index (χ2n) is 24.1. The average molecular weight is 1240 g/mol. The number of phosphoric acid groups is 3. The topological polar surface area (TPSA) is 321 Å². The summed E-state index contributed by atoms with van der Waals surface area (Å²) in [6.07, 6.45) is 5.72. The minimum atomic E-state index is -5.78. The number of phosphoric ester groups is 1. The Morgan fingerprint density at radius 1 is 0.882 bits per heavy atom. The van der Waals surface area contributed by atoms with Crippen LogP contribution in [0.1, 0.15) is 161 Å². The minimum Gasteiger partial charge on any atom is -0.387 e. The van der Waals surface area contributed by atoms with Crippen LogP contribution in [0.25, 0.3) is 16.7 Å². The molecular formula is C58H79N9O15P3+. The molecule has 1 saturated heterocycles. The van der Waals surface area contributed by atoms with Crippen molar-refractivity contribution < 1.29 is 71.0 Å². The molecule has 2 aromatic heterocycles. The van der Waals surface area contributed by atoms with Crippen molar-refractivity contribution in [2.24, 2.45) is 0 Å². The highest BCUT2D eigenvalue weighted by Gasteiger charge is 2.48. The molecule has 0 spiro atoms. The van der Waals surface area contributed by atoms with Crippen molar-refractivity contribution in [3.05, 3.63) is 110 Å². The number of nitrogens with zero attached hydrogens (tertiary/aromatic N) is 7. The Morgan fingerprint density at radius 2 is 1.61 bits per heavy atom. The van der Waals surface area contributed by atoms with Crippen LogP contribution in [-0.4, -0.2) is 143 Å². The van der Waals surface area contributed by atoms with Gasteiger partial charge in [0.2, 0.25) is 11.3 Å². The largest absolute Gasteiger partial charge is 0.490 e. The fourth-order valence-corrected chi connectivity index (χ4v) is 16.8. The van der Waals surface area contributed by atoms with Gasteiger partial charge < -0.3 is 55.0 Å². The molecule has 85 heavy (non-hydrogen) atoms. The van der Waals surface area contributed by atoms with Gasteiger partial charge >= 0.3 is 23.5 Å². The summed E-state index contributed by atoms with van der Waals surface area (Å²) < 4.78 is 56.5.